The van der Waals surface area contributed by atoms with Gasteiger partial charge in [-0.3, -0.25) is 14.5 Å². The molecule has 1 aliphatic heterocycles. The minimum Gasteiger partial charge on any atom is -0.348 e. The van der Waals surface area contributed by atoms with Gasteiger partial charge in [0.15, 0.2) is 5.78 Å². The number of hydrogen-bond donors (Lipinski definition) is 1. The van der Waals surface area contributed by atoms with Gasteiger partial charge in [0.2, 0.25) is 0 Å². The quantitative estimate of drug-likeness (QED) is 0.852. The van der Waals surface area contributed by atoms with Gasteiger partial charge in [-0.15, -0.1) is 0 Å². The van der Waals surface area contributed by atoms with Gasteiger partial charge in [-0.25, -0.2) is 0 Å². The molecule has 1 fully saturated rings. The number of Topliss-reactive ketones (excluding diaryl/α,β-unsaturated/α-hetero) is 1. The molecule has 1 aromatic carbocycles. The number of likely N-dealkylation sites (tertiary alicyclic amines) is 1. The van der Waals surface area contributed by atoms with E-state index < -0.39 is 0 Å². The molecular weight excluding hydrogens is 314 g/mol. The van der Waals surface area contributed by atoms with Crippen molar-refractivity contribution >= 4 is 11.7 Å². The number of rotatable bonds is 5. The van der Waals surface area contributed by atoms with Crippen molar-refractivity contribution in [2.75, 3.05) is 13.1 Å². The third-order valence-corrected chi connectivity index (χ3v) is 4.82. The zero-order valence-electron chi connectivity index (χ0n) is 14.9. The summed E-state index contributed by atoms with van der Waals surface area (Å²) in [6.07, 6.45) is 3.60. The second kappa shape index (κ2) is 7.66. The van der Waals surface area contributed by atoms with Crippen molar-refractivity contribution in [1.29, 1.82) is 0 Å². The first-order valence-corrected chi connectivity index (χ1v) is 8.77. The molecular formula is C20H25N3O2. The van der Waals surface area contributed by atoms with Gasteiger partial charge in [0.25, 0.3) is 5.91 Å². The summed E-state index contributed by atoms with van der Waals surface area (Å²) in [5.41, 5.74) is 2.44. The van der Waals surface area contributed by atoms with Crippen molar-refractivity contribution in [2.24, 2.45) is 7.05 Å². The number of aromatic nitrogens is 1. The number of piperidine rings is 1. The summed E-state index contributed by atoms with van der Waals surface area (Å²) in [5, 5.41) is 3.11. The van der Waals surface area contributed by atoms with E-state index in [1.54, 1.807) is 23.9 Å². The Morgan fingerprint density at radius 2 is 1.84 bits per heavy atom. The van der Waals surface area contributed by atoms with Crippen LogP contribution in [-0.4, -0.2) is 40.3 Å². The lowest BCUT2D eigenvalue weighted by atomic mass is 10.0. The number of amides is 1. The highest BCUT2D eigenvalue weighted by atomic mass is 16.2. The maximum atomic E-state index is 12.5. The Balaban J connectivity index is 1.52. The molecule has 25 heavy (non-hydrogen) atoms. The molecule has 0 radical (unpaired) electrons. The Morgan fingerprint density at radius 1 is 1.16 bits per heavy atom. The Kier molecular flexibility index (Phi) is 5.34. The monoisotopic (exact) mass is 339 g/mol. The van der Waals surface area contributed by atoms with Crippen LogP contribution < -0.4 is 5.32 Å². The number of hydrogen-bond acceptors (Lipinski definition) is 3. The Morgan fingerprint density at radius 3 is 2.44 bits per heavy atom. The lowest BCUT2D eigenvalue weighted by molar-refractivity contribution is 0.0900. The zero-order valence-corrected chi connectivity index (χ0v) is 14.9. The summed E-state index contributed by atoms with van der Waals surface area (Å²) in [6.45, 7) is 4.43. The van der Waals surface area contributed by atoms with Gasteiger partial charge >= 0.3 is 0 Å². The predicted molar refractivity (Wildman–Crippen MR) is 97.6 cm³/mol. The van der Waals surface area contributed by atoms with Crippen LogP contribution in [0.4, 0.5) is 0 Å². The molecule has 3 rings (SSSR count). The fourth-order valence-corrected chi connectivity index (χ4v) is 3.32. The number of ketones is 1. The number of aryl methyl sites for hydroxylation is 1. The van der Waals surface area contributed by atoms with E-state index in [9.17, 15) is 9.59 Å². The highest BCUT2D eigenvalue weighted by Crippen LogP contribution is 2.15. The Hall–Kier alpha value is -2.40. The van der Waals surface area contributed by atoms with Crippen molar-refractivity contribution in [2.45, 2.75) is 32.4 Å². The standard InChI is InChI=1S/C20H25N3O2/c1-15(24)17-12-19(22(2)14-17)20(25)21-18-8-10-23(11-9-18)13-16-6-4-3-5-7-16/h3-7,12,14,18H,8-11,13H2,1-2H3,(H,21,25). The summed E-state index contributed by atoms with van der Waals surface area (Å²) in [7, 11) is 1.80. The molecule has 1 amide bonds. The second-order valence-corrected chi connectivity index (χ2v) is 6.79. The van der Waals surface area contributed by atoms with Crippen molar-refractivity contribution in [1.82, 2.24) is 14.8 Å². The summed E-state index contributed by atoms with van der Waals surface area (Å²) < 4.78 is 1.72. The second-order valence-electron chi connectivity index (χ2n) is 6.79. The highest BCUT2D eigenvalue weighted by molar-refractivity contribution is 5.99. The van der Waals surface area contributed by atoms with Gasteiger partial charge in [0.1, 0.15) is 5.69 Å². The molecule has 2 aromatic rings. The molecule has 2 heterocycles. The number of nitrogens with zero attached hydrogens (tertiary/aromatic N) is 2. The van der Waals surface area contributed by atoms with Crippen molar-refractivity contribution in [3.63, 3.8) is 0 Å². The summed E-state index contributed by atoms with van der Waals surface area (Å²) in [6, 6.07) is 12.3. The van der Waals surface area contributed by atoms with Crippen LogP contribution in [0.15, 0.2) is 42.6 Å². The van der Waals surface area contributed by atoms with E-state index in [1.165, 1.54) is 12.5 Å². The van der Waals surface area contributed by atoms with Crippen LogP contribution >= 0.6 is 0 Å². The van der Waals surface area contributed by atoms with Crippen molar-refractivity contribution in [3.05, 3.63) is 59.4 Å². The first-order chi connectivity index (χ1) is 12.0. The molecule has 0 aliphatic carbocycles. The predicted octanol–water partition coefficient (Wildman–Crippen LogP) is 2.62. The van der Waals surface area contributed by atoms with Crippen LogP contribution in [0.5, 0.6) is 0 Å². The van der Waals surface area contributed by atoms with Crippen LogP contribution in [0.2, 0.25) is 0 Å². The van der Waals surface area contributed by atoms with E-state index in [4.69, 9.17) is 0 Å². The maximum absolute atomic E-state index is 12.5. The van der Waals surface area contributed by atoms with E-state index >= 15 is 0 Å². The van der Waals surface area contributed by atoms with Crippen LogP contribution in [0.3, 0.4) is 0 Å². The van der Waals surface area contributed by atoms with E-state index in [-0.39, 0.29) is 17.7 Å². The van der Waals surface area contributed by atoms with Gasteiger partial charge in [-0.05, 0) is 31.4 Å². The summed E-state index contributed by atoms with van der Waals surface area (Å²) >= 11 is 0. The van der Waals surface area contributed by atoms with E-state index in [2.05, 4.69) is 34.5 Å². The van der Waals surface area contributed by atoms with Gasteiger partial charge in [-0.1, -0.05) is 30.3 Å². The van der Waals surface area contributed by atoms with Crippen molar-refractivity contribution < 1.29 is 9.59 Å². The van der Waals surface area contributed by atoms with Crippen LogP contribution in [-0.2, 0) is 13.6 Å². The van der Waals surface area contributed by atoms with Crippen LogP contribution in [0.25, 0.3) is 0 Å². The molecule has 1 aromatic heterocycles. The number of carbonyl (C=O) groups is 2. The molecule has 0 unspecified atom stereocenters. The lowest BCUT2D eigenvalue weighted by Crippen LogP contribution is -2.44. The van der Waals surface area contributed by atoms with Gasteiger partial charge in [0.05, 0.1) is 0 Å². The average molecular weight is 339 g/mol. The smallest absolute Gasteiger partial charge is 0.268 e. The summed E-state index contributed by atoms with van der Waals surface area (Å²) in [4.78, 5) is 26.4. The van der Waals surface area contributed by atoms with E-state index in [0.717, 1.165) is 32.5 Å². The first-order valence-electron chi connectivity index (χ1n) is 8.77. The maximum Gasteiger partial charge on any atom is 0.268 e. The highest BCUT2D eigenvalue weighted by Gasteiger charge is 2.22. The molecule has 0 atom stereocenters. The largest absolute Gasteiger partial charge is 0.348 e. The third kappa shape index (κ3) is 4.37. The number of carbonyl (C=O) groups excluding carboxylic acids is 2. The molecule has 132 valence electrons. The molecule has 5 heteroatoms. The summed E-state index contributed by atoms with van der Waals surface area (Å²) in [5.74, 6) is -0.125. The number of nitrogens with one attached hydrogen (secondary N) is 1. The lowest BCUT2D eigenvalue weighted by Gasteiger charge is -2.32. The molecule has 0 spiro atoms. The zero-order chi connectivity index (χ0) is 17.8. The Labute approximate surface area is 148 Å². The van der Waals surface area contributed by atoms with Gasteiger partial charge in [0, 0.05) is 44.5 Å². The average Bonchev–Trinajstić information content (AvgIpc) is 3.00. The number of benzene rings is 1. The third-order valence-electron chi connectivity index (χ3n) is 4.82. The van der Waals surface area contributed by atoms with E-state index in [1.807, 2.05) is 6.07 Å². The minimum absolute atomic E-state index is 0.0242. The van der Waals surface area contributed by atoms with E-state index in [0.29, 0.717) is 11.3 Å². The van der Waals surface area contributed by atoms with Gasteiger partial charge < -0.3 is 9.88 Å². The fraction of sp³-hybridized carbons (Fsp3) is 0.400. The molecule has 0 bridgehead atoms. The van der Waals surface area contributed by atoms with Crippen LogP contribution in [0, 0.1) is 0 Å². The topological polar surface area (TPSA) is 54.3 Å². The van der Waals surface area contributed by atoms with Crippen molar-refractivity contribution in [3.8, 4) is 0 Å². The minimum atomic E-state index is -0.100. The van der Waals surface area contributed by atoms with Crippen LogP contribution in [0.1, 0.15) is 46.2 Å². The molecule has 5 nitrogen and oxygen atoms in total. The fourth-order valence-electron chi connectivity index (χ4n) is 3.32. The normalized spacial score (nSPS) is 15.9. The molecule has 1 saturated heterocycles. The molecule has 0 saturated carbocycles. The molecule has 1 aliphatic rings. The SMILES string of the molecule is CC(=O)c1cc(C(=O)NC2CCN(Cc3ccccc3)CC2)n(C)c1. The van der Waals surface area contributed by atoms with Gasteiger partial charge in [-0.2, -0.15) is 0 Å². The Bertz CT molecular complexity index is 744. The first kappa shape index (κ1) is 17.4. The molecule has 1 N–H and O–H groups in total.